The number of nitrogens with one attached hydrogen (secondary N) is 1. The molecule has 1 saturated carbocycles. The van der Waals surface area contributed by atoms with E-state index in [1.807, 2.05) is 16.8 Å². The highest BCUT2D eigenvalue weighted by Crippen LogP contribution is 2.32. The van der Waals surface area contributed by atoms with Crippen LogP contribution in [0.4, 0.5) is 5.69 Å². The first kappa shape index (κ1) is 20.8. The first-order valence-corrected chi connectivity index (χ1v) is 12.0. The molecule has 8 nitrogen and oxygen atoms in total. The van der Waals surface area contributed by atoms with Crippen molar-refractivity contribution in [3.8, 4) is 0 Å². The fourth-order valence-corrected chi connectivity index (χ4v) is 5.13. The average molecular weight is 433 g/mol. The van der Waals surface area contributed by atoms with Gasteiger partial charge >= 0.3 is 0 Å². The van der Waals surface area contributed by atoms with Gasteiger partial charge in [-0.3, -0.25) is 9.59 Å². The predicted octanol–water partition coefficient (Wildman–Crippen LogP) is 2.09. The summed E-state index contributed by atoms with van der Waals surface area (Å²) in [7, 11) is -1.93. The number of benzene rings is 1. The Kier molecular flexibility index (Phi) is 5.81. The first-order valence-electron chi connectivity index (χ1n) is 10.6. The molecule has 1 aliphatic carbocycles. The lowest BCUT2D eigenvalue weighted by molar-refractivity contribution is -0.135. The summed E-state index contributed by atoms with van der Waals surface area (Å²) in [6, 6.07) is 6.10. The molecule has 0 aromatic heterocycles. The number of piperidine rings is 1. The molecule has 162 valence electrons. The largest absolute Gasteiger partial charge is 0.362 e. The van der Waals surface area contributed by atoms with E-state index in [4.69, 9.17) is 0 Å². The molecule has 3 aliphatic rings. The third-order valence-electron chi connectivity index (χ3n) is 6.01. The van der Waals surface area contributed by atoms with Crippen LogP contribution < -0.4 is 5.32 Å². The molecule has 1 atom stereocenters. The Balaban J connectivity index is 1.38. The first-order chi connectivity index (χ1) is 14.3. The summed E-state index contributed by atoms with van der Waals surface area (Å²) < 4.78 is 29.0. The van der Waals surface area contributed by atoms with E-state index in [1.54, 1.807) is 12.1 Å². The number of amidine groups is 1. The highest BCUT2D eigenvalue weighted by atomic mass is 32.2. The predicted molar refractivity (Wildman–Crippen MR) is 114 cm³/mol. The summed E-state index contributed by atoms with van der Waals surface area (Å²) in [5.74, 6) is 0.543. The van der Waals surface area contributed by atoms with Gasteiger partial charge in [-0.05, 0) is 56.4 Å². The average Bonchev–Trinajstić information content (AvgIpc) is 3.51. The lowest BCUT2D eigenvalue weighted by Crippen LogP contribution is -2.44. The zero-order chi connectivity index (χ0) is 21.3. The van der Waals surface area contributed by atoms with Crippen LogP contribution in [0.25, 0.3) is 0 Å². The number of hydrogen-bond acceptors (Lipinski definition) is 4. The maximum atomic E-state index is 12.7. The van der Waals surface area contributed by atoms with E-state index in [0.29, 0.717) is 24.5 Å². The molecule has 2 saturated heterocycles. The van der Waals surface area contributed by atoms with Crippen LogP contribution in [0.5, 0.6) is 0 Å². The van der Waals surface area contributed by atoms with Crippen molar-refractivity contribution >= 4 is 33.4 Å². The molecule has 1 aromatic carbocycles. The molecule has 3 fully saturated rings. The summed E-state index contributed by atoms with van der Waals surface area (Å²) in [6.07, 6.45) is 5.05. The van der Waals surface area contributed by atoms with Crippen molar-refractivity contribution in [3.63, 3.8) is 0 Å². The molecular weight excluding hydrogens is 404 g/mol. The van der Waals surface area contributed by atoms with Gasteiger partial charge in [-0.1, -0.05) is 0 Å². The van der Waals surface area contributed by atoms with Crippen molar-refractivity contribution in [2.45, 2.75) is 43.4 Å². The minimum absolute atomic E-state index is 0.104. The van der Waals surface area contributed by atoms with E-state index in [9.17, 15) is 18.0 Å². The van der Waals surface area contributed by atoms with Crippen LogP contribution in [0.2, 0.25) is 0 Å². The Morgan fingerprint density at radius 2 is 1.77 bits per heavy atom. The second-order valence-electron chi connectivity index (χ2n) is 8.42. The van der Waals surface area contributed by atoms with Gasteiger partial charge in [0, 0.05) is 44.7 Å². The molecule has 1 N–H and O–H groups in total. The number of likely N-dealkylation sites (tertiary alicyclic amines) is 2. The van der Waals surface area contributed by atoms with Gasteiger partial charge in [-0.15, -0.1) is 4.40 Å². The quantitative estimate of drug-likeness (QED) is 0.768. The zero-order valence-electron chi connectivity index (χ0n) is 17.2. The van der Waals surface area contributed by atoms with Crippen molar-refractivity contribution in [3.05, 3.63) is 24.3 Å². The minimum atomic E-state index is -3.77. The summed E-state index contributed by atoms with van der Waals surface area (Å²) >= 11 is 0. The van der Waals surface area contributed by atoms with Gasteiger partial charge in [0.1, 0.15) is 5.84 Å². The molecule has 0 bridgehead atoms. The van der Waals surface area contributed by atoms with Crippen molar-refractivity contribution in [1.82, 2.24) is 9.80 Å². The van der Waals surface area contributed by atoms with Crippen molar-refractivity contribution in [2.75, 3.05) is 32.0 Å². The number of carbonyl (C=O) groups excluding carboxylic acids is 2. The van der Waals surface area contributed by atoms with Crippen molar-refractivity contribution in [1.29, 1.82) is 0 Å². The van der Waals surface area contributed by atoms with E-state index in [-0.39, 0.29) is 28.5 Å². The normalized spacial score (nSPS) is 23.6. The second kappa shape index (κ2) is 8.37. The van der Waals surface area contributed by atoms with Crippen LogP contribution in [0.1, 0.15) is 38.5 Å². The molecule has 0 spiro atoms. The van der Waals surface area contributed by atoms with Gasteiger partial charge in [0.25, 0.3) is 10.0 Å². The van der Waals surface area contributed by atoms with E-state index in [2.05, 4.69) is 9.71 Å². The summed E-state index contributed by atoms with van der Waals surface area (Å²) in [5, 5.41) is 2.86. The SMILES string of the molecule is CN1CCC/C1=N\S(=O)(=O)c1ccc(NC(=O)C2CCCN(C(=O)C3CC3)C2)cc1. The Labute approximate surface area is 177 Å². The summed E-state index contributed by atoms with van der Waals surface area (Å²) in [5.41, 5.74) is 0.537. The lowest BCUT2D eigenvalue weighted by Gasteiger charge is -2.32. The molecule has 0 radical (unpaired) electrons. The lowest BCUT2D eigenvalue weighted by atomic mass is 9.96. The molecule has 4 rings (SSSR count). The molecule has 30 heavy (non-hydrogen) atoms. The van der Waals surface area contributed by atoms with Gasteiger partial charge < -0.3 is 15.1 Å². The summed E-state index contributed by atoms with van der Waals surface area (Å²) in [4.78, 5) is 28.7. The number of carbonyl (C=O) groups is 2. The minimum Gasteiger partial charge on any atom is -0.362 e. The van der Waals surface area contributed by atoms with Gasteiger partial charge in [-0.2, -0.15) is 8.42 Å². The zero-order valence-corrected chi connectivity index (χ0v) is 18.0. The van der Waals surface area contributed by atoms with Gasteiger partial charge in [0.15, 0.2) is 0 Å². The van der Waals surface area contributed by atoms with Gasteiger partial charge in [0.05, 0.1) is 10.8 Å². The second-order valence-corrected chi connectivity index (χ2v) is 10.0. The Bertz CT molecular complexity index is 954. The molecular formula is C21H28N4O4S. The maximum Gasteiger partial charge on any atom is 0.283 e. The third kappa shape index (κ3) is 4.66. The molecule has 2 aliphatic heterocycles. The Morgan fingerprint density at radius 3 is 2.40 bits per heavy atom. The number of sulfonamides is 1. The van der Waals surface area contributed by atoms with Crippen LogP contribution in [0.15, 0.2) is 33.6 Å². The topological polar surface area (TPSA) is 99.2 Å². The standard InChI is InChI=1S/C21H28N4O4S/c1-24-12-3-5-19(24)23-30(28,29)18-10-8-17(9-11-18)22-20(26)16-4-2-13-25(14-16)21(27)15-6-7-15/h8-11,15-16H,2-7,12-14H2,1H3,(H,22,26)/b23-19+. The number of anilines is 1. The van der Waals surface area contributed by atoms with Crippen LogP contribution in [0.3, 0.4) is 0 Å². The molecule has 9 heteroatoms. The highest BCUT2D eigenvalue weighted by molar-refractivity contribution is 7.90. The van der Waals surface area contributed by atoms with Gasteiger partial charge in [0.2, 0.25) is 11.8 Å². The fraction of sp³-hybridized carbons (Fsp3) is 0.571. The van der Waals surface area contributed by atoms with E-state index < -0.39 is 10.0 Å². The van der Waals surface area contributed by atoms with E-state index >= 15 is 0 Å². The van der Waals surface area contributed by atoms with Crippen LogP contribution in [-0.4, -0.2) is 62.5 Å². The van der Waals surface area contributed by atoms with E-state index in [0.717, 1.165) is 45.2 Å². The maximum absolute atomic E-state index is 12.7. The monoisotopic (exact) mass is 432 g/mol. The van der Waals surface area contributed by atoms with Crippen LogP contribution >= 0.6 is 0 Å². The Morgan fingerprint density at radius 1 is 1.03 bits per heavy atom. The number of nitrogens with zero attached hydrogens (tertiary/aromatic N) is 3. The fourth-order valence-electron chi connectivity index (χ4n) is 4.04. The molecule has 1 aromatic rings. The van der Waals surface area contributed by atoms with Crippen molar-refractivity contribution in [2.24, 2.45) is 16.2 Å². The summed E-state index contributed by atoms with van der Waals surface area (Å²) in [6.45, 7) is 1.99. The van der Waals surface area contributed by atoms with Crippen molar-refractivity contribution < 1.29 is 18.0 Å². The number of amides is 2. The van der Waals surface area contributed by atoms with Crippen LogP contribution in [0, 0.1) is 11.8 Å². The molecule has 1 unspecified atom stereocenters. The highest BCUT2D eigenvalue weighted by Gasteiger charge is 2.36. The molecule has 2 amide bonds. The third-order valence-corrected chi connectivity index (χ3v) is 7.33. The Hall–Kier alpha value is -2.42. The van der Waals surface area contributed by atoms with Gasteiger partial charge in [-0.25, -0.2) is 0 Å². The van der Waals surface area contributed by atoms with E-state index in [1.165, 1.54) is 12.1 Å². The number of hydrogen-bond donors (Lipinski definition) is 1. The smallest absolute Gasteiger partial charge is 0.283 e. The molecule has 2 heterocycles. The van der Waals surface area contributed by atoms with Crippen LogP contribution in [-0.2, 0) is 19.6 Å². The number of rotatable bonds is 5.